The number of para-hydroxylation sites is 1. The molecule has 1 aromatic heterocycles. The lowest BCUT2D eigenvalue weighted by Crippen LogP contribution is -2.49. The molecule has 1 aliphatic rings. The van der Waals surface area contributed by atoms with Gasteiger partial charge in [0.25, 0.3) is 0 Å². The molecule has 2 aromatic rings. The Bertz CT molecular complexity index is 718. The van der Waals surface area contributed by atoms with E-state index < -0.39 is 6.10 Å². The Morgan fingerprint density at radius 3 is 2.48 bits per heavy atom. The van der Waals surface area contributed by atoms with Crippen LogP contribution in [0.4, 0.5) is 5.82 Å². The van der Waals surface area contributed by atoms with Crippen LogP contribution < -0.4 is 9.64 Å². The molecule has 158 valence electrons. The van der Waals surface area contributed by atoms with Crippen molar-refractivity contribution < 1.29 is 14.6 Å². The van der Waals surface area contributed by atoms with E-state index in [4.69, 9.17) is 9.47 Å². The largest absolute Gasteiger partial charge is 0.491 e. The van der Waals surface area contributed by atoms with Gasteiger partial charge in [-0.05, 0) is 29.7 Å². The number of nitrogens with zero attached hydrogens (tertiary/aromatic N) is 3. The van der Waals surface area contributed by atoms with Crippen LogP contribution in [0.2, 0.25) is 0 Å². The van der Waals surface area contributed by atoms with Gasteiger partial charge in [0, 0.05) is 38.9 Å². The van der Waals surface area contributed by atoms with E-state index in [1.807, 2.05) is 42.6 Å². The smallest absolute Gasteiger partial charge is 0.128 e. The number of aromatic nitrogens is 1. The minimum Gasteiger partial charge on any atom is -0.491 e. The van der Waals surface area contributed by atoms with Crippen molar-refractivity contribution in [2.24, 2.45) is 0 Å². The highest BCUT2D eigenvalue weighted by molar-refractivity contribution is 5.38. The highest BCUT2D eigenvalue weighted by Gasteiger charge is 2.20. The van der Waals surface area contributed by atoms with E-state index in [1.165, 1.54) is 5.56 Å². The number of aliphatic hydroxyl groups excluding tert-OH is 1. The average molecular weight is 400 g/mol. The zero-order valence-corrected chi connectivity index (χ0v) is 17.5. The van der Waals surface area contributed by atoms with Gasteiger partial charge in [-0.2, -0.15) is 0 Å². The van der Waals surface area contributed by atoms with Gasteiger partial charge in [-0.1, -0.05) is 38.1 Å². The summed E-state index contributed by atoms with van der Waals surface area (Å²) in [5.41, 5.74) is 1.21. The summed E-state index contributed by atoms with van der Waals surface area (Å²) in [6.45, 7) is 9.92. The molecule has 1 aliphatic heterocycles. The molecule has 6 nitrogen and oxygen atoms in total. The summed E-state index contributed by atoms with van der Waals surface area (Å²) >= 11 is 0. The molecule has 0 bridgehead atoms. The van der Waals surface area contributed by atoms with E-state index in [0.717, 1.165) is 37.7 Å². The molecule has 0 unspecified atom stereocenters. The lowest BCUT2D eigenvalue weighted by Gasteiger charge is -2.36. The number of aliphatic hydroxyl groups is 1. The number of β-amino-alcohol motifs (C(OH)–C–C–N with tert-alkyl or cyclic N) is 1. The number of piperazine rings is 1. The Kier molecular flexibility index (Phi) is 8.28. The molecule has 0 saturated carbocycles. The van der Waals surface area contributed by atoms with Crippen molar-refractivity contribution in [2.45, 2.75) is 25.9 Å². The standard InChI is InChI=1S/C23H33N3O3/c1-19(2)21-7-3-4-8-22(21)29-16-15-28-18-20(27)17-25-11-13-26(14-12-25)23-9-5-6-10-24-23/h3-10,19-20,27H,11-18H2,1-2H3/t20-/m0/s1. The van der Waals surface area contributed by atoms with Crippen LogP contribution in [0.5, 0.6) is 5.75 Å². The van der Waals surface area contributed by atoms with Gasteiger partial charge in [0.1, 0.15) is 18.2 Å². The summed E-state index contributed by atoms with van der Waals surface area (Å²) in [5.74, 6) is 2.36. The topological polar surface area (TPSA) is 58.1 Å². The molecule has 29 heavy (non-hydrogen) atoms. The number of pyridine rings is 1. The maximum absolute atomic E-state index is 10.3. The molecule has 0 radical (unpaired) electrons. The first-order chi connectivity index (χ1) is 14.1. The van der Waals surface area contributed by atoms with Crippen LogP contribution in [-0.4, -0.2) is 73.6 Å². The van der Waals surface area contributed by atoms with Crippen LogP contribution in [0.25, 0.3) is 0 Å². The highest BCUT2D eigenvalue weighted by Crippen LogP contribution is 2.25. The third kappa shape index (κ3) is 6.70. The first-order valence-corrected chi connectivity index (χ1v) is 10.5. The lowest BCUT2D eigenvalue weighted by molar-refractivity contribution is 0.00708. The van der Waals surface area contributed by atoms with Crippen LogP contribution in [0.15, 0.2) is 48.7 Å². The third-order valence-corrected chi connectivity index (χ3v) is 5.15. The van der Waals surface area contributed by atoms with E-state index in [2.05, 4.69) is 34.7 Å². The van der Waals surface area contributed by atoms with Crippen LogP contribution in [-0.2, 0) is 4.74 Å². The van der Waals surface area contributed by atoms with Crippen LogP contribution in [0.3, 0.4) is 0 Å². The molecule has 3 rings (SSSR count). The fourth-order valence-corrected chi connectivity index (χ4v) is 3.57. The van der Waals surface area contributed by atoms with Gasteiger partial charge in [-0.3, -0.25) is 4.90 Å². The predicted molar refractivity (Wildman–Crippen MR) is 116 cm³/mol. The number of rotatable bonds is 10. The summed E-state index contributed by atoms with van der Waals surface area (Å²) in [6, 6.07) is 14.1. The highest BCUT2D eigenvalue weighted by atomic mass is 16.5. The molecule has 0 aliphatic carbocycles. The minimum absolute atomic E-state index is 0.329. The van der Waals surface area contributed by atoms with Gasteiger partial charge in [0.15, 0.2) is 0 Å². The summed E-state index contributed by atoms with van der Waals surface area (Å²) in [6.07, 6.45) is 1.34. The van der Waals surface area contributed by atoms with Crippen molar-refractivity contribution in [1.29, 1.82) is 0 Å². The number of ether oxygens (including phenoxy) is 2. The maximum atomic E-state index is 10.3. The normalized spacial score (nSPS) is 16.2. The Balaban J connectivity index is 1.29. The summed E-state index contributed by atoms with van der Waals surface area (Å²) in [5, 5.41) is 10.3. The molecule has 1 saturated heterocycles. The second-order valence-corrected chi connectivity index (χ2v) is 7.75. The number of anilines is 1. The second-order valence-electron chi connectivity index (χ2n) is 7.75. The number of hydrogen-bond donors (Lipinski definition) is 1. The molecule has 0 spiro atoms. The maximum Gasteiger partial charge on any atom is 0.128 e. The average Bonchev–Trinajstić information content (AvgIpc) is 2.75. The third-order valence-electron chi connectivity index (χ3n) is 5.15. The molecule has 2 heterocycles. The van der Waals surface area contributed by atoms with Gasteiger partial charge in [-0.25, -0.2) is 4.98 Å². The van der Waals surface area contributed by atoms with E-state index >= 15 is 0 Å². The fourth-order valence-electron chi connectivity index (χ4n) is 3.57. The predicted octanol–water partition coefficient (Wildman–Crippen LogP) is 2.78. The molecular weight excluding hydrogens is 366 g/mol. The van der Waals surface area contributed by atoms with Crippen LogP contribution in [0.1, 0.15) is 25.3 Å². The van der Waals surface area contributed by atoms with Crippen molar-refractivity contribution in [3.8, 4) is 5.75 Å². The van der Waals surface area contributed by atoms with Gasteiger partial charge >= 0.3 is 0 Å². The van der Waals surface area contributed by atoms with Gasteiger partial charge in [0.2, 0.25) is 0 Å². The van der Waals surface area contributed by atoms with Crippen molar-refractivity contribution in [2.75, 3.05) is 57.4 Å². The monoisotopic (exact) mass is 399 g/mol. The zero-order chi connectivity index (χ0) is 20.5. The molecule has 0 amide bonds. The molecule has 1 aromatic carbocycles. The molecule has 6 heteroatoms. The van der Waals surface area contributed by atoms with Crippen LogP contribution in [0, 0.1) is 0 Å². The molecule has 1 fully saturated rings. The van der Waals surface area contributed by atoms with E-state index in [0.29, 0.717) is 32.3 Å². The fraction of sp³-hybridized carbons (Fsp3) is 0.522. The number of benzene rings is 1. The van der Waals surface area contributed by atoms with Crippen molar-refractivity contribution in [3.05, 3.63) is 54.2 Å². The Morgan fingerprint density at radius 2 is 1.76 bits per heavy atom. The molecule has 1 N–H and O–H groups in total. The Labute approximate surface area is 174 Å². The molecule has 1 atom stereocenters. The SMILES string of the molecule is CC(C)c1ccccc1OCCOC[C@@H](O)CN1CCN(c2ccccn2)CC1. The van der Waals surface area contributed by atoms with Crippen molar-refractivity contribution in [3.63, 3.8) is 0 Å². The Hall–Kier alpha value is -2.15. The quantitative estimate of drug-likeness (QED) is 0.620. The van der Waals surface area contributed by atoms with E-state index in [9.17, 15) is 5.11 Å². The van der Waals surface area contributed by atoms with E-state index in [-0.39, 0.29) is 0 Å². The first kappa shape index (κ1) is 21.6. The number of hydrogen-bond acceptors (Lipinski definition) is 6. The van der Waals surface area contributed by atoms with E-state index in [1.54, 1.807) is 0 Å². The van der Waals surface area contributed by atoms with Gasteiger partial charge in [0.05, 0.1) is 19.3 Å². The van der Waals surface area contributed by atoms with Crippen molar-refractivity contribution >= 4 is 5.82 Å². The zero-order valence-electron chi connectivity index (χ0n) is 17.5. The molecular formula is C23H33N3O3. The summed E-state index contributed by atoms with van der Waals surface area (Å²) in [4.78, 5) is 8.97. The Morgan fingerprint density at radius 1 is 1.00 bits per heavy atom. The summed E-state index contributed by atoms with van der Waals surface area (Å²) < 4.78 is 11.5. The second kappa shape index (κ2) is 11.1. The lowest BCUT2D eigenvalue weighted by atomic mass is 10.0. The van der Waals surface area contributed by atoms with Crippen LogP contribution >= 0.6 is 0 Å². The minimum atomic E-state index is -0.487. The summed E-state index contributed by atoms with van der Waals surface area (Å²) in [7, 11) is 0. The van der Waals surface area contributed by atoms with Gasteiger partial charge in [-0.15, -0.1) is 0 Å². The van der Waals surface area contributed by atoms with Gasteiger partial charge < -0.3 is 19.5 Å². The first-order valence-electron chi connectivity index (χ1n) is 10.5. The van der Waals surface area contributed by atoms with Crippen molar-refractivity contribution in [1.82, 2.24) is 9.88 Å².